The third-order valence-corrected chi connectivity index (χ3v) is 3.24. The number of hydrogen-bond acceptors (Lipinski definition) is 2. The van der Waals surface area contributed by atoms with E-state index in [0.717, 1.165) is 24.8 Å². The summed E-state index contributed by atoms with van der Waals surface area (Å²) in [6, 6.07) is 5.02. The van der Waals surface area contributed by atoms with Gasteiger partial charge in [-0.05, 0) is 34.0 Å². The second-order valence-electron chi connectivity index (χ2n) is 3.50. The summed E-state index contributed by atoms with van der Waals surface area (Å²) < 4.78 is 13.8. The average Bonchev–Trinajstić information content (AvgIpc) is 2.25. The first-order valence-electron chi connectivity index (χ1n) is 5.10. The molecule has 1 unspecified atom stereocenters. The SMILES string of the molecule is CCCCC(NN)c1cccc(F)c1Br. The molecule has 1 aromatic carbocycles. The zero-order valence-corrected chi connectivity index (χ0v) is 10.3. The minimum atomic E-state index is -0.246. The fraction of sp³-hybridized carbons (Fsp3) is 0.455. The van der Waals surface area contributed by atoms with Gasteiger partial charge < -0.3 is 0 Å². The van der Waals surface area contributed by atoms with Crippen LogP contribution >= 0.6 is 15.9 Å². The molecule has 0 amide bonds. The van der Waals surface area contributed by atoms with Crippen molar-refractivity contribution in [2.24, 2.45) is 5.84 Å². The normalized spacial score (nSPS) is 12.8. The lowest BCUT2D eigenvalue weighted by molar-refractivity contribution is 0.489. The van der Waals surface area contributed by atoms with Gasteiger partial charge >= 0.3 is 0 Å². The Morgan fingerprint density at radius 2 is 2.27 bits per heavy atom. The molecule has 15 heavy (non-hydrogen) atoms. The highest BCUT2D eigenvalue weighted by Crippen LogP contribution is 2.28. The monoisotopic (exact) mass is 274 g/mol. The predicted octanol–water partition coefficient (Wildman–Crippen LogP) is 3.28. The molecule has 84 valence electrons. The summed E-state index contributed by atoms with van der Waals surface area (Å²) in [6.45, 7) is 2.12. The van der Waals surface area contributed by atoms with Crippen LogP contribution in [0, 0.1) is 5.82 Å². The standard InChI is InChI=1S/C11H16BrFN2/c1-2-3-7-10(15-14)8-5-4-6-9(13)11(8)12/h4-6,10,15H,2-3,7,14H2,1H3. The Kier molecular flexibility index (Phi) is 5.22. The molecule has 3 N–H and O–H groups in total. The molecule has 4 heteroatoms. The molecule has 0 bridgehead atoms. The van der Waals surface area contributed by atoms with Gasteiger partial charge in [-0.15, -0.1) is 0 Å². The van der Waals surface area contributed by atoms with E-state index in [-0.39, 0.29) is 11.9 Å². The first kappa shape index (κ1) is 12.6. The Labute approximate surface area is 98.1 Å². The van der Waals surface area contributed by atoms with Gasteiger partial charge in [0, 0.05) is 6.04 Å². The number of hydrogen-bond donors (Lipinski definition) is 2. The number of halogens is 2. The summed E-state index contributed by atoms with van der Waals surface area (Å²) in [7, 11) is 0. The van der Waals surface area contributed by atoms with Gasteiger partial charge in [-0.25, -0.2) is 4.39 Å². The minimum absolute atomic E-state index is 0.00928. The van der Waals surface area contributed by atoms with Crippen molar-refractivity contribution in [3.05, 3.63) is 34.1 Å². The molecule has 0 radical (unpaired) electrons. The van der Waals surface area contributed by atoms with E-state index >= 15 is 0 Å². The van der Waals surface area contributed by atoms with Crippen LogP contribution < -0.4 is 11.3 Å². The Balaban J connectivity index is 2.86. The Bertz CT molecular complexity index is 317. The number of hydrazine groups is 1. The average molecular weight is 275 g/mol. The highest BCUT2D eigenvalue weighted by molar-refractivity contribution is 9.10. The van der Waals surface area contributed by atoms with Crippen LogP contribution in [0.3, 0.4) is 0 Å². The number of nitrogens with one attached hydrogen (secondary N) is 1. The summed E-state index contributed by atoms with van der Waals surface area (Å²) in [5.41, 5.74) is 3.61. The van der Waals surface area contributed by atoms with Gasteiger partial charge in [0.15, 0.2) is 0 Å². The van der Waals surface area contributed by atoms with Gasteiger partial charge in [0.1, 0.15) is 5.82 Å². The third-order valence-electron chi connectivity index (χ3n) is 2.40. The van der Waals surface area contributed by atoms with Gasteiger partial charge in [0.25, 0.3) is 0 Å². The predicted molar refractivity (Wildman–Crippen MR) is 63.7 cm³/mol. The maximum absolute atomic E-state index is 13.3. The van der Waals surface area contributed by atoms with E-state index < -0.39 is 0 Å². The fourth-order valence-electron chi connectivity index (χ4n) is 1.53. The van der Waals surface area contributed by atoms with E-state index in [4.69, 9.17) is 5.84 Å². The summed E-state index contributed by atoms with van der Waals surface area (Å²) in [5.74, 6) is 5.23. The molecule has 0 fully saturated rings. The van der Waals surface area contributed by atoms with Gasteiger partial charge in [0.2, 0.25) is 0 Å². The van der Waals surface area contributed by atoms with E-state index in [1.165, 1.54) is 6.07 Å². The molecule has 0 heterocycles. The van der Waals surface area contributed by atoms with Gasteiger partial charge in [0.05, 0.1) is 4.47 Å². The van der Waals surface area contributed by atoms with Gasteiger partial charge in [-0.2, -0.15) is 0 Å². The molecule has 2 nitrogen and oxygen atoms in total. The molecule has 0 aromatic heterocycles. The largest absolute Gasteiger partial charge is 0.271 e. The van der Waals surface area contributed by atoms with Crippen LogP contribution in [0.4, 0.5) is 4.39 Å². The Hall–Kier alpha value is -0.450. The number of rotatable bonds is 5. The minimum Gasteiger partial charge on any atom is -0.271 e. The molecule has 0 aliphatic carbocycles. The van der Waals surface area contributed by atoms with Crippen molar-refractivity contribution in [2.45, 2.75) is 32.2 Å². The molecule has 0 saturated carbocycles. The first-order valence-corrected chi connectivity index (χ1v) is 5.90. The maximum Gasteiger partial charge on any atom is 0.137 e. The Morgan fingerprint density at radius 3 is 2.87 bits per heavy atom. The van der Waals surface area contributed by atoms with Crippen LogP contribution in [0.25, 0.3) is 0 Å². The van der Waals surface area contributed by atoms with E-state index in [9.17, 15) is 4.39 Å². The fourth-order valence-corrected chi connectivity index (χ4v) is 2.07. The van der Waals surface area contributed by atoms with Crippen LogP contribution in [0.2, 0.25) is 0 Å². The molecular formula is C11H16BrFN2. The second kappa shape index (κ2) is 6.20. The van der Waals surface area contributed by atoms with Crippen molar-refractivity contribution >= 4 is 15.9 Å². The lowest BCUT2D eigenvalue weighted by atomic mass is 10.0. The second-order valence-corrected chi connectivity index (χ2v) is 4.30. The van der Waals surface area contributed by atoms with Crippen LogP contribution in [0.5, 0.6) is 0 Å². The van der Waals surface area contributed by atoms with Crippen molar-refractivity contribution in [2.75, 3.05) is 0 Å². The Morgan fingerprint density at radius 1 is 1.53 bits per heavy atom. The quantitative estimate of drug-likeness (QED) is 0.639. The third kappa shape index (κ3) is 3.26. The van der Waals surface area contributed by atoms with Crippen LogP contribution in [-0.4, -0.2) is 0 Å². The van der Waals surface area contributed by atoms with Crippen LogP contribution in [-0.2, 0) is 0 Å². The lowest BCUT2D eigenvalue weighted by Crippen LogP contribution is -2.28. The summed E-state index contributed by atoms with van der Waals surface area (Å²) >= 11 is 3.24. The molecular weight excluding hydrogens is 259 g/mol. The topological polar surface area (TPSA) is 38.0 Å². The zero-order valence-electron chi connectivity index (χ0n) is 8.76. The maximum atomic E-state index is 13.3. The number of unbranched alkanes of at least 4 members (excludes halogenated alkanes) is 1. The molecule has 0 aliphatic heterocycles. The molecule has 1 atom stereocenters. The van der Waals surface area contributed by atoms with E-state index in [1.807, 2.05) is 6.07 Å². The summed E-state index contributed by atoms with van der Waals surface area (Å²) in [4.78, 5) is 0. The van der Waals surface area contributed by atoms with Crippen molar-refractivity contribution in [3.8, 4) is 0 Å². The summed E-state index contributed by atoms with van der Waals surface area (Å²) in [5, 5.41) is 0. The number of nitrogens with two attached hydrogens (primary N) is 1. The van der Waals surface area contributed by atoms with E-state index in [0.29, 0.717) is 4.47 Å². The van der Waals surface area contributed by atoms with E-state index in [2.05, 4.69) is 28.3 Å². The number of benzene rings is 1. The van der Waals surface area contributed by atoms with Gasteiger partial charge in [-0.1, -0.05) is 31.9 Å². The molecule has 0 saturated heterocycles. The van der Waals surface area contributed by atoms with Crippen molar-refractivity contribution in [3.63, 3.8) is 0 Å². The summed E-state index contributed by atoms with van der Waals surface area (Å²) in [6.07, 6.45) is 3.08. The molecule has 1 aromatic rings. The van der Waals surface area contributed by atoms with Crippen molar-refractivity contribution < 1.29 is 4.39 Å². The van der Waals surface area contributed by atoms with Crippen LogP contribution in [0.15, 0.2) is 22.7 Å². The van der Waals surface area contributed by atoms with Crippen LogP contribution in [0.1, 0.15) is 37.8 Å². The molecule has 1 rings (SSSR count). The highest BCUT2D eigenvalue weighted by Gasteiger charge is 2.14. The van der Waals surface area contributed by atoms with Gasteiger partial charge in [-0.3, -0.25) is 11.3 Å². The first-order chi connectivity index (χ1) is 7.20. The molecule has 0 spiro atoms. The lowest BCUT2D eigenvalue weighted by Gasteiger charge is -2.17. The van der Waals surface area contributed by atoms with Crippen molar-refractivity contribution in [1.29, 1.82) is 0 Å². The van der Waals surface area contributed by atoms with Crippen molar-refractivity contribution in [1.82, 2.24) is 5.43 Å². The smallest absolute Gasteiger partial charge is 0.137 e. The van der Waals surface area contributed by atoms with E-state index in [1.54, 1.807) is 6.07 Å². The zero-order chi connectivity index (χ0) is 11.3. The highest BCUT2D eigenvalue weighted by atomic mass is 79.9. The molecule has 0 aliphatic rings.